The average Bonchev–Trinajstić information content (AvgIpc) is 3.36. The highest BCUT2D eigenvalue weighted by Crippen LogP contribution is 2.32. The Bertz CT molecular complexity index is 881. The average molecular weight is 422 g/mol. The molecule has 0 spiro atoms. The molecule has 142 valence electrons. The van der Waals surface area contributed by atoms with Gasteiger partial charge in [0.1, 0.15) is 0 Å². The van der Waals surface area contributed by atoms with Crippen molar-refractivity contribution >= 4 is 45.5 Å². The zero-order valence-electron chi connectivity index (χ0n) is 14.9. The molecular formula is C18H19N3O3S3. The Morgan fingerprint density at radius 3 is 2.81 bits per heavy atom. The van der Waals surface area contributed by atoms with Gasteiger partial charge in [0.25, 0.3) is 0 Å². The van der Waals surface area contributed by atoms with Gasteiger partial charge in [-0.2, -0.15) is 0 Å². The molecule has 0 bridgehead atoms. The van der Waals surface area contributed by atoms with Crippen LogP contribution in [-0.4, -0.2) is 30.3 Å². The number of benzene rings is 1. The van der Waals surface area contributed by atoms with Crippen molar-refractivity contribution in [2.24, 2.45) is 0 Å². The van der Waals surface area contributed by atoms with E-state index in [2.05, 4.69) is 27.0 Å². The Balaban J connectivity index is 1.51. The molecule has 0 saturated carbocycles. The van der Waals surface area contributed by atoms with Crippen LogP contribution >= 0.6 is 34.4 Å². The molecule has 3 aromatic rings. The van der Waals surface area contributed by atoms with E-state index in [9.17, 15) is 4.79 Å². The predicted molar refractivity (Wildman–Crippen MR) is 110 cm³/mol. The van der Waals surface area contributed by atoms with Gasteiger partial charge in [0, 0.05) is 17.1 Å². The summed E-state index contributed by atoms with van der Waals surface area (Å²) in [7, 11) is 3.19. The van der Waals surface area contributed by atoms with Crippen LogP contribution in [0.4, 0.5) is 5.13 Å². The van der Waals surface area contributed by atoms with E-state index in [-0.39, 0.29) is 5.91 Å². The number of anilines is 1. The van der Waals surface area contributed by atoms with Gasteiger partial charge in [0.05, 0.1) is 14.2 Å². The first-order chi connectivity index (χ1) is 13.2. The van der Waals surface area contributed by atoms with E-state index in [0.29, 0.717) is 29.5 Å². The molecular weight excluding hydrogens is 402 g/mol. The number of thioether (sulfide) groups is 1. The Morgan fingerprint density at radius 1 is 1.19 bits per heavy atom. The van der Waals surface area contributed by atoms with Gasteiger partial charge in [0.2, 0.25) is 11.0 Å². The minimum absolute atomic E-state index is 0.106. The molecule has 2 aromatic heterocycles. The summed E-state index contributed by atoms with van der Waals surface area (Å²) in [4.78, 5) is 13.5. The van der Waals surface area contributed by atoms with Crippen LogP contribution in [0.15, 0.2) is 40.1 Å². The SMILES string of the molecule is COc1cccc(CCC(=O)Nc2nnc(SCc3cccs3)s2)c1OC. The van der Waals surface area contributed by atoms with E-state index < -0.39 is 0 Å². The standard InChI is InChI=1S/C18H19N3O3S3/c1-23-14-7-3-5-12(16(14)24-2)8-9-15(22)19-17-20-21-18(27-17)26-11-13-6-4-10-25-13/h3-7,10H,8-9,11H2,1-2H3,(H,19,20,22). The molecule has 1 N–H and O–H groups in total. The van der Waals surface area contributed by atoms with Gasteiger partial charge >= 0.3 is 0 Å². The molecule has 1 amide bonds. The summed E-state index contributed by atoms with van der Waals surface area (Å²) in [6.45, 7) is 0. The van der Waals surface area contributed by atoms with Crippen molar-refractivity contribution in [2.75, 3.05) is 19.5 Å². The fourth-order valence-electron chi connectivity index (χ4n) is 2.43. The number of methoxy groups -OCH3 is 2. The highest BCUT2D eigenvalue weighted by Gasteiger charge is 2.13. The number of nitrogens with one attached hydrogen (secondary N) is 1. The third-order valence-corrected chi connectivity index (χ3v) is 6.76. The van der Waals surface area contributed by atoms with Gasteiger partial charge in [-0.15, -0.1) is 21.5 Å². The summed E-state index contributed by atoms with van der Waals surface area (Å²) in [5.74, 6) is 2.07. The summed E-state index contributed by atoms with van der Waals surface area (Å²) in [5.41, 5.74) is 0.927. The van der Waals surface area contributed by atoms with E-state index >= 15 is 0 Å². The number of carbonyl (C=O) groups is 1. The van der Waals surface area contributed by atoms with Crippen molar-refractivity contribution in [3.05, 3.63) is 46.2 Å². The molecule has 0 saturated heterocycles. The third-order valence-electron chi connectivity index (χ3n) is 3.68. The van der Waals surface area contributed by atoms with Crippen LogP contribution in [0.1, 0.15) is 16.9 Å². The normalized spacial score (nSPS) is 10.6. The predicted octanol–water partition coefficient (Wildman–Crippen LogP) is 4.48. The number of rotatable bonds is 9. The second kappa shape index (κ2) is 9.72. The Labute approximate surface area is 169 Å². The summed E-state index contributed by atoms with van der Waals surface area (Å²) < 4.78 is 11.5. The topological polar surface area (TPSA) is 73.3 Å². The van der Waals surface area contributed by atoms with Crippen LogP contribution in [0.5, 0.6) is 11.5 Å². The Morgan fingerprint density at radius 2 is 2.07 bits per heavy atom. The van der Waals surface area contributed by atoms with Crippen LogP contribution < -0.4 is 14.8 Å². The fourth-order valence-corrected chi connectivity index (χ4v) is 4.97. The second-order valence-corrected chi connectivity index (χ2v) is 8.67. The zero-order chi connectivity index (χ0) is 19.1. The van der Waals surface area contributed by atoms with Crippen molar-refractivity contribution < 1.29 is 14.3 Å². The molecule has 0 aliphatic carbocycles. The van der Waals surface area contributed by atoms with Crippen LogP contribution in [0.3, 0.4) is 0 Å². The first-order valence-electron chi connectivity index (χ1n) is 8.18. The minimum atomic E-state index is -0.106. The second-order valence-electron chi connectivity index (χ2n) is 5.44. The van der Waals surface area contributed by atoms with Crippen LogP contribution in [0.25, 0.3) is 0 Å². The highest BCUT2D eigenvalue weighted by atomic mass is 32.2. The van der Waals surface area contributed by atoms with Crippen molar-refractivity contribution in [2.45, 2.75) is 22.9 Å². The largest absolute Gasteiger partial charge is 0.493 e. The lowest BCUT2D eigenvalue weighted by molar-refractivity contribution is -0.116. The molecule has 0 aliphatic rings. The van der Waals surface area contributed by atoms with E-state index in [1.165, 1.54) is 16.2 Å². The van der Waals surface area contributed by atoms with Gasteiger partial charge in [-0.3, -0.25) is 4.79 Å². The number of hydrogen-bond donors (Lipinski definition) is 1. The summed E-state index contributed by atoms with van der Waals surface area (Å²) in [5, 5.41) is 13.6. The maximum absolute atomic E-state index is 12.2. The maximum atomic E-state index is 12.2. The van der Waals surface area contributed by atoms with Gasteiger partial charge in [-0.05, 0) is 29.5 Å². The minimum Gasteiger partial charge on any atom is -0.493 e. The Kier molecular flexibility index (Phi) is 7.08. The molecule has 27 heavy (non-hydrogen) atoms. The molecule has 9 heteroatoms. The zero-order valence-corrected chi connectivity index (χ0v) is 17.4. The number of aryl methyl sites for hydroxylation is 1. The fraction of sp³-hybridized carbons (Fsp3) is 0.278. The third kappa shape index (κ3) is 5.44. The van der Waals surface area contributed by atoms with E-state index in [4.69, 9.17) is 9.47 Å². The number of aromatic nitrogens is 2. The highest BCUT2D eigenvalue weighted by molar-refractivity contribution is 8.00. The van der Waals surface area contributed by atoms with Crippen molar-refractivity contribution in [1.82, 2.24) is 10.2 Å². The van der Waals surface area contributed by atoms with E-state index in [0.717, 1.165) is 15.7 Å². The quantitative estimate of drug-likeness (QED) is 0.406. The molecule has 0 unspecified atom stereocenters. The smallest absolute Gasteiger partial charge is 0.226 e. The van der Waals surface area contributed by atoms with Gasteiger partial charge in [0.15, 0.2) is 15.8 Å². The molecule has 0 radical (unpaired) electrons. The van der Waals surface area contributed by atoms with Gasteiger partial charge < -0.3 is 14.8 Å². The number of carbonyl (C=O) groups excluding carboxylic acids is 1. The number of ether oxygens (including phenoxy) is 2. The monoisotopic (exact) mass is 421 g/mol. The molecule has 0 atom stereocenters. The molecule has 0 fully saturated rings. The molecule has 6 nitrogen and oxygen atoms in total. The number of para-hydroxylation sites is 1. The summed E-state index contributed by atoms with van der Waals surface area (Å²) >= 11 is 4.72. The lowest BCUT2D eigenvalue weighted by atomic mass is 10.1. The summed E-state index contributed by atoms with van der Waals surface area (Å²) in [6.07, 6.45) is 0.867. The van der Waals surface area contributed by atoms with E-state index in [1.807, 2.05) is 24.3 Å². The molecule has 3 rings (SSSR count). The maximum Gasteiger partial charge on any atom is 0.226 e. The van der Waals surface area contributed by atoms with E-state index in [1.54, 1.807) is 37.3 Å². The van der Waals surface area contributed by atoms with Crippen molar-refractivity contribution in [3.8, 4) is 11.5 Å². The summed E-state index contributed by atoms with van der Waals surface area (Å²) in [6, 6.07) is 9.77. The van der Waals surface area contributed by atoms with Gasteiger partial charge in [-0.25, -0.2) is 0 Å². The molecule has 0 aliphatic heterocycles. The number of nitrogens with zero attached hydrogens (tertiary/aromatic N) is 2. The lowest BCUT2D eigenvalue weighted by Gasteiger charge is -2.12. The van der Waals surface area contributed by atoms with Crippen LogP contribution in [-0.2, 0) is 17.0 Å². The number of amides is 1. The van der Waals surface area contributed by atoms with Crippen molar-refractivity contribution in [3.63, 3.8) is 0 Å². The first kappa shape index (κ1) is 19.7. The Hall–Kier alpha value is -2.10. The molecule has 2 heterocycles. The lowest BCUT2D eigenvalue weighted by Crippen LogP contribution is -2.12. The van der Waals surface area contributed by atoms with Crippen LogP contribution in [0.2, 0.25) is 0 Å². The van der Waals surface area contributed by atoms with Crippen molar-refractivity contribution in [1.29, 1.82) is 0 Å². The first-order valence-corrected chi connectivity index (χ1v) is 10.9. The number of thiophene rings is 1. The number of hydrogen-bond acceptors (Lipinski definition) is 8. The van der Waals surface area contributed by atoms with Gasteiger partial charge in [-0.1, -0.05) is 41.3 Å². The van der Waals surface area contributed by atoms with Crippen LogP contribution in [0, 0.1) is 0 Å². The molecule has 1 aromatic carbocycles.